The summed E-state index contributed by atoms with van der Waals surface area (Å²) in [5, 5.41) is 0. The van der Waals surface area contributed by atoms with Crippen LogP contribution in [0.2, 0.25) is 0 Å². The number of ether oxygens (including phenoxy) is 3. The number of carbonyl (C=O) groups excluding carboxylic acids is 1. The maximum atomic E-state index is 13.0. The number of aromatic nitrogens is 1. The first kappa shape index (κ1) is 17.9. The van der Waals surface area contributed by atoms with Gasteiger partial charge in [-0.2, -0.15) is 13.2 Å². The third-order valence-corrected chi connectivity index (χ3v) is 2.15. The monoisotopic (exact) mass is 333 g/mol. The Balaban J connectivity index is 3.52. The van der Waals surface area contributed by atoms with Gasteiger partial charge in [0.05, 0.1) is 13.7 Å². The maximum Gasteiger partial charge on any atom is 0.574 e. The Morgan fingerprint density at radius 3 is 2.23 bits per heavy atom. The van der Waals surface area contributed by atoms with Gasteiger partial charge in [0, 0.05) is 6.07 Å². The summed E-state index contributed by atoms with van der Waals surface area (Å²) in [6.07, 6.45) is -10.3. The number of carbonyl (C=O) groups is 1. The van der Waals surface area contributed by atoms with Crippen LogP contribution >= 0.6 is 0 Å². The van der Waals surface area contributed by atoms with E-state index in [-0.39, 0.29) is 12.7 Å². The molecular formula is C11H9F6NO4. The third kappa shape index (κ3) is 4.40. The fraction of sp³-hybridized carbons (Fsp3) is 0.455. The summed E-state index contributed by atoms with van der Waals surface area (Å²) in [4.78, 5) is 14.5. The SMILES string of the molecule is CCOC(=O)c1nc(OC(F)(F)F)cc(OC)c1C(F)(F)F. The van der Waals surface area contributed by atoms with Gasteiger partial charge in [0.2, 0.25) is 5.88 Å². The fourth-order valence-corrected chi connectivity index (χ4v) is 1.45. The minimum atomic E-state index is -5.20. The van der Waals surface area contributed by atoms with Crippen LogP contribution in [0.3, 0.4) is 0 Å². The fourth-order valence-electron chi connectivity index (χ4n) is 1.45. The molecule has 0 saturated carbocycles. The molecule has 0 saturated heterocycles. The summed E-state index contributed by atoms with van der Waals surface area (Å²) >= 11 is 0. The van der Waals surface area contributed by atoms with Gasteiger partial charge in [0.15, 0.2) is 5.69 Å². The van der Waals surface area contributed by atoms with Crippen molar-refractivity contribution in [2.75, 3.05) is 13.7 Å². The molecule has 0 aliphatic rings. The molecule has 0 radical (unpaired) electrons. The van der Waals surface area contributed by atoms with Crippen molar-refractivity contribution in [3.63, 3.8) is 0 Å². The molecule has 1 aromatic heterocycles. The van der Waals surface area contributed by atoms with E-state index in [1.165, 1.54) is 6.92 Å². The summed E-state index contributed by atoms with van der Waals surface area (Å²) in [6.45, 7) is 1.00. The van der Waals surface area contributed by atoms with Crippen LogP contribution in [0.1, 0.15) is 23.0 Å². The molecule has 5 nitrogen and oxygen atoms in total. The Kier molecular flexibility index (Phi) is 5.09. The van der Waals surface area contributed by atoms with Crippen molar-refractivity contribution in [2.45, 2.75) is 19.5 Å². The van der Waals surface area contributed by atoms with Crippen LogP contribution in [-0.4, -0.2) is 31.0 Å². The average molecular weight is 333 g/mol. The molecule has 0 atom stereocenters. The van der Waals surface area contributed by atoms with Crippen LogP contribution in [0.4, 0.5) is 26.3 Å². The largest absolute Gasteiger partial charge is 0.574 e. The number of methoxy groups -OCH3 is 1. The molecule has 0 N–H and O–H groups in total. The molecule has 0 bridgehead atoms. The molecule has 0 aromatic carbocycles. The zero-order valence-electron chi connectivity index (χ0n) is 11.1. The molecular weight excluding hydrogens is 324 g/mol. The van der Waals surface area contributed by atoms with E-state index in [0.717, 1.165) is 7.11 Å². The highest BCUT2D eigenvalue weighted by Gasteiger charge is 2.42. The van der Waals surface area contributed by atoms with E-state index in [1.54, 1.807) is 0 Å². The quantitative estimate of drug-likeness (QED) is 0.626. The zero-order valence-corrected chi connectivity index (χ0v) is 11.1. The lowest BCUT2D eigenvalue weighted by atomic mass is 10.1. The van der Waals surface area contributed by atoms with Crippen LogP contribution in [0.5, 0.6) is 11.6 Å². The summed E-state index contributed by atoms with van der Waals surface area (Å²) in [7, 11) is 0.789. The second-order valence-corrected chi connectivity index (χ2v) is 3.65. The Hall–Kier alpha value is -2.20. The first-order valence-electron chi connectivity index (χ1n) is 5.58. The summed E-state index contributed by atoms with van der Waals surface area (Å²) in [6, 6.07) is 0.277. The molecule has 1 aromatic rings. The summed E-state index contributed by atoms with van der Waals surface area (Å²) in [5.74, 6) is -3.88. The van der Waals surface area contributed by atoms with Crippen molar-refractivity contribution in [1.29, 1.82) is 0 Å². The van der Waals surface area contributed by atoms with Crippen molar-refractivity contribution in [1.82, 2.24) is 4.98 Å². The third-order valence-electron chi connectivity index (χ3n) is 2.15. The van der Waals surface area contributed by atoms with Crippen molar-refractivity contribution < 1.29 is 45.3 Å². The minimum absolute atomic E-state index is 0.277. The predicted molar refractivity (Wildman–Crippen MR) is 58.4 cm³/mol. The standard InChI is InChI=1S/C11H9F6NO4/c1-3-21-9(19)8-7(10(12,13)14)5(20-2)4-6(18-8)22-11(15,16)17/h4H,3H2,1-2H3. The number of halogens is 6. The predicted octanol–water partition coefficient (Wildman–Crippen LogP) is 3.18. The number of nitrogens with zero attached hydrogens (tertiary/aromatic N) is 1. The van der Waals surface area contributed by atoms with E-state index in [4.69, 9.17) is 0 Å². The van der Waals surface area contributed by atoms with Crippen LogP contribution in [0.15, 0.2) is 6.07 Å². The van der Waals surface area contributed by atoms with Crippen LogP contribution in [0.25, 0.3) is 0 Å². The number of hydrogen-bond donors (Lipinski definition) is 0. The number of rotatable bonds is 4. The normalized spacial score (nSPS) is 12.0. The lowest BCUT2D eigenvalue weighted by molar-refractivity contribution is -0.276. The topological polar surface area (TPSA) is 57.7 Å². The second-order valence-electron chi connectivity index (χ2n) is 3.65. The van der Waals surface area contributed by atoms with Crippen molar-refractivity contribution in [3.8, 4) is 11.6 Å². The van der Waals surface area contributed by atoms with E-state index >= 15 is 0 Å². The Bertz CT molecular complexity index is 555. The Labute approximate surface area is 119 Å². The average Bonchev–Trinajstić information content (AvgIpc) is 2.34. The van der Waals surface area contributed by atoms with E-state index in [0.29, 0.717) is 0 Å². The van der Waals surface area contributed by atoms with Crippen LogP contribution in [0, 0.1) is 0 Å². The summed E-state index contributed by atoms with van der Waals surface area (Å²) in [5.41, 5.74) is -3.03. The molecule has 0 fully saturated rings. The van der Waals surface area contributed by atoms with Gasteiger partial charge in [-0.1, -0.05) is 0 Å². The first-order valence-corrected chi connectivity index (χ1v) is 5.58. The molecule has 1 rings (SSSR count). The smallest absolute Gasteiger partial charge is 0.496 e. The molecule has 0 amide bonds. The number of alkyl halides is 6. The molecule has 0 aliphatic carbocycles. The molecule has 11 heteroatoms. The van der Waals surface area contributed by atoms with Gasteiger partial charge < -0.3 is 14.2 Å². The number of esters is 1. The van der Waals surface area contributed by atoms with Gasteiger partial charge in [-0.15, -0.1) is 13.2 Å². The molecule has 1 heterocycles. The molecule has 0 aliphatic heterocycles. The van der Waals surface area contributed by atoms with Crippen molar-refractivity contribution in [3.05, 3.63) is 17.3 Å². The van der Waals surface area contributed by atoms with Gasteiger partial charge in [-0.3, -0.25) is 0 Å². The highest BCUT2D eigenvalue weighted by molar-refractivity contribution is 5.90. The number of pyridine rings is 1. The van der Waals surface area contributed by atoms with Crippen molar-refractivity contribution >= 4 is 5.97 Å². The van der Waals surface area contributed by atoms with Gasteiger partial charge in [-0.25, -0.2) is 9.78 Å². The Morgan fingerprint density at radius 2 is 1.82 bits per heavy atom. The number of hydrogen-bond acceptors (Lipinski definition) is 5. The van der Waals surface area contributed by atoms with E-state index in [1.807, 2.05) is 0 Å². The Morgan fingerprint density at radius 1 is 1.23 bits per heavy atom. The highest BCUT2D eigenvalue weighted by Crippen LogP contribution is 2.40. The highest BCUT2D eigenvalue weighted by atomic mass is 19.4. The van der Waals surface area contributed by atoms with Gasteiger partial charge in [0.25, 0.3) is 0 Å². The van der Waals surface area contributed by atoms with Crippen LogP contribution in [-0.2, 0) is 10.9 Å². The van der Waals surface area contributed by atoms with Gasteiger partial charge in [-0.05, 0) is 6.92 Å². The van der Waals surface area contributed by atoms with E-state index < -0.39 is 41.4 Å². The van der Waals surface area contributed by atoms with Gasteiger partial charge in [0.1, 0.15) is 11.3 Å². The lowest BCUT2D eigenvalue weighted by Gasteiger charge is -2.17. The lowest BCUT2D eigenvalue weighted by Crippen LogP contribution is -2.22. The minimum Gasteiger partial charge on any atom is -0.496 e. The maximum absolute atomic E-state index is 13.0. The molecule has 0 spiro atoms. The summed E-state index contributed by atoms with van der Waals surface area (Å²) < 4.78 is 87.5. The van der Waals surface area contributed by atoms with E-state index in [9.17, 15) is 31.1 Å². The molecule has 0 unspecified atom stereocenters. The molecule has 22 heavy (non-hydrogen) atoms. The second kappa shape index (κ2) is 6.28. The zero-order chi connectivity index (χ0) is 17.1. The van der Waals surface area contributed by atoms with Crippen molar-refractivity contribution in [2.24, 2.45) is 0 Å². The van der Waals surface area contributed by atoms with E-state index in [2.05, 4.69) is 19.2 Å². The van der Waals surface area contributed by atoms with Crippen LogP contribution < -0.4 is 9.47 Å². The van der Waals surface area contributed by atoms with Gasteiger partial charge >= 0.3 is 18.5 Å². The first-order chi connectivity index (χ1) is 9.99. The molecule has 124 valence electrons.